The summed E-state index contributed by atoms with van der Waals surface area (Å²) in [4.78, 5) is 56.0. The van der Waals surface area contributed by atoms with Gasteiger partial charge < -0.3 is 4.74 Å². The molecule has 3 aromatic carbocycles. The van der Waals surface area contributed by atoms with E-state index in [1.165, 1.54) is 4.90 Å². The molecule has 2 aliphatic heterocycles. The molecule has 1 aliphatic carbocycles. The maximum Gasteiger partial charge on any atom is 0.237 e. The van der Waals surface area contributed by atoms with Crippen LogP contribution in [0.2, 0.25) is 0 Å². The zero-order valence-electron chi connectivity index (χ0n) is 17.8. The summed E-state index contributed by atoms with van der Waals surface area (Å²) in [7, 11) is 0. The van der Waals surface area contributed by atoms with Crippen LogP contribution < -0.4 is 0 Å². The molecule has 7 heteroatoms. The third-order valence-corrected chi connectivity index (χ3v) is 7.71. The van der Waals surface area contributed by atoms with Crippen LogP contribution in [0.5, 0.6) is 0 Å². The summed E-state index contributed by atoms with van der Waals surface area (Å²) in [5.74, 6) is -4.21. The lowest BCUT2D eigenvalue weighted by Gasteiger charge is -2.27. The molecule has 0 bridgehead atoms. The highest BCUT2D eigenvalue weighted by Gasteiger charge is 2.74. The average Bonchev–Trinajstić information content (AvgIpc) is 3.41. The van der Waals surface area contributed by atoms with Crippen molar-refractivity contribution in [3.05, 3.63) is 105 Å². The van der Waals surface area contributed by atoms with Crippen molar-refractivity contribution in [2.75, 3.05) is 0 Å². The summed E-state index contributed by atoms with van der Waals surface area (Å²) in [6, 6.07) is 23.1. The van der Waals surface area contributed by atoms with Gasteiger partial charge in [0.05, 0.1) is 24.5 Å². The Kier molecular flexibility index (Phi) is 4.82. The molecule has 0 radical (unpaired) electrons. The number of likely N-dealkylation sites (tertiary alicyclic amines) is 1. The van der Waals surface area contributed by atoms with Gasteiger partial charge in [-0.2, -0.15) is 0 Å². The molecule has 2 saturated heterocycles. The normalized spacial score (nSPS) is 24.7. The lowest BCUT2D eigenvalue weighted by Crippen LogP contribution is -2.50. The Hall–Kier alpha value is -3.17. The molecule has 3 aliphatic rings. The number of carbonyl (C=O) groups excluding carboxylic acids is 4. The van der Waals surface area contributed by atoms with Crippen LogP contribution >= 0.6 is 22.6 Å². The molecule has 0 aromatic heterocycles. The fraction of sp³-hybridized carbons (Fsp3) is 0.185. The first-order chi connectivity index (χ1) is 16.4. The van der Waals surface area contributed by atoms with Crippen molar-refractivity contribution < 1.29 is 23.9 Å². The first-order valence-electron chi connectivity index (χ1n) is 10.9. The van der Waals surface area contributed by atoms with E-state index in [9.17, 15) is 19.2 Å². The van der Waals surface area contributed by atoms with Gasteiger partial charge in [0.15, 0.2) is 0 Å². The second-order valence-electron chi connectivity index (χ2n) is 8.78. The molecule has 168 valence electrons. The third kappa shape index (κ3) is 2.83. The molecule has 34 heavy (non-hydrogen) atoms. The number of imide groups is 1. The molecule has 2 heterocycles. The van der Waals surface area contributed by atoms with Crippen LogP contribution in [-0.4, -0.2) is 33.9 Å². The standard InChI is InChI=1S/C27H18INO5/c28-17-12-10-16(11-13-17)22-20-21(26(33)29(25(20)32)14-15-6-2-1-3-7-15)27(34-22)23(30)18-8-4-5-9-19(18)24(27)31/h1-13,20-22H,14H2/t20-,21-,22-/m1/s1. The van der Waals surface area contributed by atoms with Gasteiger partial charge in [0, 0.05) is 14.7 Å². The Morgan fingerprint density at radius 1 is 0.765 bits per heavy atom. The monoisotopic (exact) mass is 563 g/mol. The van der Waals surface area contributed by atoms with Crippen molar-refractivity contribution in [3.8, 4) is 0 Å². The average molecular weight is 563 g/mol. The van der Waals surface area contributed by atoms with Crippen molar-refractivity contribution >= 4 is 46.0 Å². The smallest absolute Gasteiger partial charge is 0.237 e. The van der Waals surface area contributed by atoms with Crippen molar-refractivity contribution in [1.82, 2.24) is 4.90 Å². The number of ether oxygens (including phenoxy) is 1. The van der Waals surface area contributed by atoms with Gasteiger partial charge in [0.25, 0.3) is 0 Å². The summed E-state index contributed by atoms with van der Waals surface area (Å²) in [5, 5.41) is 0. The lowest BCUT2D eigenvalue weighted by atomic mass is 9.77. The van der Waals surface area contributed by atoms with Gasteiger partial charge >= 0.3 is 0 Å². The van der Waals surface area contributed by atoms with Crippen molar-refractivity contribution in [2.24, 2.45) is 11.8 Å². The van der Waals surface area contributed by atoms with Gasteiger partial charge in [-0.15, -0.1) is 0 Å². The van der Waals surface area contributed by atoms with Gasteiger partial charge in [-0.3, -0.25) is 24.1 Å². The van der Waals surface area contributed by atoms with E-state index in [0.717, 1.165) is 9.13 Å². The molecule has 2 fully saturated rings. The Labute approximate surface area is 209 Å². The summed E-state index contributed by atoms with van der Waals surface area (Å²) in [6.45, 7) is 0.0797. The Balaban J connectivity index is 1.49. The molecule has 6 rings (SSSR count). The van der Waals surface area contributed by atoms with Gasteiger partial charge in [0.1, 0.15) is 0 Å². The van der Waals surface area contributed by atoms with E-state index < -0.39 is 46.9 Å². The zero-order chi connectivity index (χ0) is 23.6. The Morgan fingerprint density at radius 2 is 1.35 bits per heavy atom. The third-order valence-electron chi connectivity index (χ3n) is 6.99. The number of Topliss-reactive ketones (excluding diaryl/α,β-unsaturated/α-hetero) is 2. The summed E-state index contributed by atoms with van der Waals surface area (Å²) < 4.78 is 7.27. The van der Waals surface area contributed by atoms with E-state index in [1.807, 2.05) is 54.6 Å². The van der Waals surface area contributed by atoms with Crippen LogP contribution in [0.25, 0.3) is 0 Å². The number of halogens is 1. The maximum absolute atomic E-state index is 13.8. The van der Waals surface area contributed by atoms with E-state index in [0.29, 0.717) is 5.56 Å². The predicted molar refractivity (Wildman–Crippen MR) is 130 cm³/mol. The first kappa shape index (κ1) is 21.4. The number of nitrogens with zero attached hydrogens (tertiary/aromatic N) is 1. The second-order valence-corrected chi connectivity index (χ2v) is 10.0. The highest BCUT2D eigenvalue weighted by molar-refractivity contribution is 14.1. The molecule has 0 saturated carbocycles. The van der Waals surface area contributed by atoms with E-state index in [2.05, 4.69) is 22.6 Å². The minimum absolute atomic E-state index is 0.0797. The number of ketones is 2. The lowest BCUT2D eigenvalue weighted by molar-refractivity contribution is -0.145. The van der Waals surface area contributed by atoms with Crippen LogP contribution in [0.3, 0.4) is 0 Å². The molecule has 2 amide bonds. The molecule has 6 nitrogen and oxygen atoms in total. The van der Waals surface area contributed by atoms with E-state index in [1.54, 1.807) is 24.3 Å². The van der Waals surface area contributed by atoms with Crippen LogP contribution in [-0.2, 0) is 20.9 Å². The van der Waals surface area contributed by atoms with Crippen molar-refractivity contribution in [3.63, 3.8) is 0 Å². The van der Waals surface area contributed by atoms with Crippen molar-refractivity contribution in [1.29, 1.82) is 0 Å². The number of benzene rings is 3. The summed E-state index contributed by atoms with van der Waals surface area (Å²) in [6.07, 6.45) is -0.888. The summed E-state index contributed by atoms with van der Waals surface area (Å²) >= 11 is 2.17. The number of hydrogen-bond donors (Lipinski definition) is 0. The van der Waals surface area contributed by atoms with E-state index in [4.69, 9.17) is 4.74 Å². The number of fused-ring (bicyclic) bond motifs is 3. The SMILES string of the molecule is O=C1[C@H]2[C@@H](c3ccc(I)cc3)OC3(C(=O)c4ccccc4C3=O)[C@H]2C(=O)N1Cc1ccccc1. The maximum atomic E-state index is 13.8. The minimum atomic E-state index is -2.03. The Morgan fingerprint density at radius 3 is 1.97 bits per heavy atom. The molecule has 0 N–H and O–H groups in total. The zero-order valence-corrected chi connectivity index (χ0v) is 20.0. The van der Waals surface area contributed by atoms with Crippen LogP contribution in [0, 0.1) is 15.4 Å². The Bertz CT molecular complexity index is 1330. The van der Waals surface area contributed by atoms with Gasteiger partial charge in [0.2, 0.25) is 29.0 Å². The molecule has 0 unspecified atom stereocenters. The molecular formula is C27H18INO5. The fourth-order valence-electron chi connectivity index (χ4n) is 5.45. The second kappa shape index (κ2) is 7.68. The number of hydrogen-bond acceptors (Lipinski definition) is 5. The van der Waals surface area contributed by atoms with Crippen LogP contribution in [0.1, 0.15) is 37.9 Å². The molecule has 3 aromatic rings. The minimum Gasteiger partial charge on any atom is -0.349 e. The van der Waals surface area contributed by atoms with Gasteiger partial charge in [-0.1, -0.05) is 66.7 Å². The molecule has 3 atom stereocenters. The number of amides is 2. The highest BCUT2D eigenvalue weighted by atomic mass is 127. The predicted octanol–water partition coefficient (Wildman–Crippen LogP) is 3.98. The quantitative estimate of drug-likeness (QED) is 0.274. The van der Waals surface area contributed by atoms with Crippen LogP contribution in [0.15, 0.2) is 78.9 Å². The van der Waals surface area contributed by atoms with Crippen molar-refractivity contribution in [2.45, 2.75) is 18.2 Å². The van der Waals surface area contributed by atoms with Gasteiger partial charge in [-0.05, 0) is 45.9 Å². The van der Waals surface area contributed by atoms with E-state index in [-0.39, 0.29) is 17.7 Å². The fourth-order valence-corrected chi connectivity index (χ4v) is 5.81. The van der Waals surface area contributed by atoms with E-state index >= 15 is 0 Å². The highest BCUT2D eigenvalue weighted by Crippen LogP contribution is 2.57. The summed E-state index contributed by atoms with van der Waals surface area (Å²) in [5.41, 5.74) is -0.114. The number of carbonyl (C=O) groups is 4. The van der Waals surface area contributed by atoms with Crippen LogP contribution in [0.4, 0.5) is 0 Å². The number of rotatable bonds is 3. The molecule has 1 spiro atoms. The first-order valence-corrected chi connectivity index (χ1v) is 12.0. The van der Waals surface area contributed by atoms with Gasteiger partial charge in [-0.25, -0.2) is 0 Å². The molecular weight excluding hydrogens is 545 g/mol. The largest absolute Gasteiger partial charge is 0.349 e. The topological polar surface area (TPSA) is 80.8 Å².